The van der Waals surface area contributed by atoms with E-state index in [1.807, 2.05) is 68.4 Å². The summed E-state index contributed by atoms with van der Waals surface area (Å²) < 4.78 is 2.53. The number of azo groups is 1. The number of hydrogen-bond donors (Lipinski definition) is 1. The molecule has 0 aliphatic heterocycles. The molecule has 1 aromatic heterocycles. The summed E-state index contributed by atoms with van der Waals surface area (Å²) in [5.41, 5.74) is 3.72. The molecule has 162 valence electrons. The standard InChI is InChI=1S/C22H24BrN5O3/c1-14-5-7-16(8-6-14)15(2)26-31-12-20(29)24-25-21-18-11-17(23)9-10-19(18)28(22(21)30)13-27(3)4/h5-11,30H,12-13H2,1-4H3. The van der Waals surface area contributed by atoms with Gasteiger partial charge in [0, 0.05) is 9.86 Å². The molecule has 0 fully saturated rings. The Morgan fingerprint density at radius 3 is 2.58 bits per heavy atom. The third kappa shape index (κ3) is 5.56. The molecule has 0 saturated heterocycles. The molecule has 1 amide bonds. The number of aromatic nitrogens is 1. The largest absolute Gasteiger partial charge is 0.493 e. The summed E-state index contributed by atoms with van der Waals surface area (Å²) in [4.78, 5) is 19.2. The zero-order valence-corrected chi connectivity index (χ0v) is 19.4. The van der Waals surface area contributed by atoms with Crippen LogP contribution in [0.3, 0.4) is 0 Å². The molecule has 9 heteroatoms. The number of amides is 1. The Bertz CT molecular complexity index is 1150. The van der Waals surface area contributed by atoms with Crippen molar-refractivity contribution in [2.75, 3.05) is 20.7 Å². The van der Waals surface area contributed by atoms with Gasteiger partial charge in [0.25, 0.3) is 0 Å². The number of hydrogen-bond acceptors (Lipinski definition) is 6. The van der Waals surface area contributed by atoms with Gasteiger partial charge in [-0.05, 0) is 51.7 Å². The van der Waals surface area contributed by atoms with E-state index in [2.05, 4.69) is 31.3 Å². The molecule has 2 aromatic carbocycles. The summed E-state index contributed by atoms with van der Waals surface area (Å²) in [5, 5.41) is 23.0. The molecule has 8 nitrogen and oxygen atoms in total. The number of nitrogens with zero attached hydrogens (tertiary/aromatic N) is 5. The molecule has 0 aliphatic carbocycles. The molecule has 3 rings (SSSR count). The summed E-state index contributed by atoms with van der Waals surface area (Å²) >= 11 is 3.43. The predicted molar refractivity (Wildman–Crippen MR) is 124 cm³/mol. The zero-order chi connectivity index (χ0) is 22.5. The fraction of sp³-hybridized carbons (Fsp3) is 0.273. The first-order valence-corrected chi connectivity index (χ1v) is 10.4. The first kappa shape index (κ1) is 22.6. The number of halogens is 1. The van der Waals surface area contributed by atoms with Crippen LogP contribution in [-0.2, 0) is 16.3 Å². The van der Waals surface area contributed by atoms with E-state index in [0.717, 1.165) is 21.1 Å². The lowest BCUT2D eigenvalue weighted by atomic mass is 10.1. The number of oxime groups is 1. The number of carbonyl (C=O) groups is 1. The number of aromatic hydroxyl groups is 1. The van der Waals surface area contributed by atoms with E-state index in [1.54, 1.807) is 11.5 Å². The highest BCUT2D eigenvalue weighted by atomic mass is 79.9. The second-order valence-electron chi connectivity index (χ2n) is 7.39. The Morgan fingerprint density at radius 2 is 1.90 bits per heavy atom. The maximum atomic E-state index is 12.1. The van der Waals surface area contributed by atoms with Crippen molar-refractivity contribution in [2.45, 2.75) is 20.5 Å². The molecule has 0 radical (unpaired) electrons. The monoisotopic (exact) mass is 485 g/mol. The van der Waals surface area contributed by atoms with Crippen LogP contribution in [0.15, 0.2) is 62.3 Å². The topological polar surface area (TPSA) is 91.8 Å². The van der Waals surface area contributed by atoms with Gasteiger partial charge < -0.3 is 9.94 Å². The summed E-state index contributed by atoms with van der Waals surface area (Å²) in [6.45, 7) is 3.90. The van der Waals surface area contributed by atoms with Gasteiger partial charge in [0.1, 0.15) is 0 Å². The Hall–Kier alpha value is -3.04. The first-order chi connectivity index (χ1) is 14.8. The maximum absolute atomic E-state index is 12.1. The van der Waals surface area contributed by atoms with Crippen LogP contribution in [0, 0.1) is 6.92 Å². The van der Waals surface area contributed by atoms with Crippen molar-refractivity contribution in [1.82, 2.24) is 9.47 Å². The minimum atomic E-state index is -0.608. The van der Waals surface area contributed by atoms with Gasteiger partial charge in [-0.15, -0.1) is 10.2 Å². The summed E-state index contributed by atoms with van der Waals surface area (Å²) in [5.74, 6) is -0.670. The van der Waals surface area contributed by atoms with Gasteiger partial charge in [-0.2, -0.15) is 0 Å². The van der Waals surface area contributed by atoms with E-state index in [-0.39, 0.29) is 18.2 Å². The van der Waals surface area contributed by atoms with Crippen LogP contribution in [0.5, 0.6) is 5.88 Å². The second-order valence-corrected chi connectivity index (χ2v) is 8.31. The predicted octanol–water partition coefficient (Wildman–Crippen LogP) is 4.99. The third-order valence-electron chi connectivity index (χ3n) is 4.52. The average Bonchev–Trinajstić information content (AvgIpc) is 2.96. The van der Waals surface area contributed by atoms with Gasteiger partial charge in [0.15, 0.2) is 12.3 Å². The maximum Gasteiger partial charge on any atom is 0.304 e. The van der Waals surface area contributed by atoms with Crippen LogP contribution in [0.4, 0.5) is 5.69 Å². The van der Waals surface area contributed by atoms with Gasteiger partial charge in [-0.1, -0.05) is 50.9 Å². The zero-order valence-electron chi connectivity index (χ0n) is 17.8. The van der Waals surface area contributed by atoms with Crippen LogP contribution >= 0.6 is 15.9 Å². The minimum Gasteiger partial charge on any atom is -0.493 e. The van der Waals surface area contributed by atoms with Crippen LogP contribution in [0.25, 0.3) is 10.9 Å². The number of rotatable bonds is 7. The molecule has 0 atom stereocenters. The van der Waals surface area contributed by atoms with Crippen LogP contribution in [0.1, 0.15) is 18.1 Å². The van der Waals surface area contributed by atoms with Gasteiger partial charge in [-0.3, -0.25) is 14.3 Å². The van der Waals surface area contributed by atoms with Crippen molar-refractivity contribution in [3.8, 4) is 5.88 Å². The van der Waals surface area contributed by atoms with E-state index in [0.29, 0.717) is 17.8 Å². The van der Waals surface area contributed by atoms with E-state index >= 15 is 0 Å². The lowest BCUT2D eigenvalue weighted by molar-refractivity contribution is -0.122. The Morgan fingerprint density at radius 1 is 1.19 bits per heavy atom. The quantitative estimate of drug-likeness (QED) is 0.290. The molecule has 1 N–H and O–H groups in total. The number of carbonyl (C=O) groups excluding carboxylic acids is 1. The third-order valence-corrected chi connectivity index (χ3v) is 5.01. The Balaban J connectivity index is 1.74. The van der Waals surface area contributed by atoms with E-state index in [4.69, 9.17) is 4.84 Å². The lowest BCUT2D eigenvalue weighted by Crippen LogP contribution is -2.16. The van der Waals surface area contributed by atoms with Gasteiger partial charge in [0.05, 0.1) is 17.9 Å². The SMILES string of the molecule is CC(=NOCC(=O)N=Nc1c(O)n(CN(C)C)c2ccc(Br)cc12)c1ccc(C)cc1. The van der Waals surface area contributed by atoms with E-state index in [9.17, 15) is 9.90 Å². The van der Waals surface area contributed by atoms with Crippen LogP contribution in [0.2, 0.25) is 0 Å². The summed E-state index contributed by atoms with van der Waals surface area (Å²) in [6, 6.07) is 13.4. The number of fused-ring (bicyclic) bond motifs is 1. The van der Waals surface area contributed by atoms with Gasteiger partial charge >= 0.3 is 5.91 Å². The molecule has 0 aliphatic rings. The van der Waals surface area contributed by atoms with Crippen molar-refractivity contribution in [2.24, 2.45) is 15.4 Å². The summed E-state index contributed by atoms with van der Waals surface area (Å²) in [7, 11) is 3.79. The van der Waals surface area contributed by atoms with Crippen molar-refractivity contribution in [3.05, 3.63) is 58.1 Å². The van der Waals surface area contributed by atoms with Crippen molar-refractivity contribution >= 4 is 44.1 Å². The molecule has 0 bridgehead atoms. The normalized spacial score (nSPS) is 12.3. The molecule has 0 saturated carbocycles. The summed E-state index contributed by atoms with van der Waals surface area (Å²) in [6.07, 6.45) is 0. The molecule has 3 aromatic rings. The number of benzene rings is 2. The second kappa shape index (κ2) is 9.84. The minimum absolute atomic E-state index is 0.0625. The smallest absolute Gasteiger partial charge is 0.304 e. The molecular formula is C22H24BrN5O3. The number of aryl methyl sites for hydroxylation is 1. The highest BCUT2D eigenvalue weighted by Crippen LogP contribution is 2.40. The van der Waals surface area contributed by atoms with Crippen LogP contribution < -0.4 is 0 Å². The van der Waals surface area contributed by atoms with Crippen LogP contribution in [-0.4, -0.2) is 46.9 Å². The highest BCUT2D eigenvalue weighted by molar-refractivity contribution is 9.10. The fourth-order valence-corrected chi connectivity index (χ4v) is 3.35. The Kier molecular flexibility index (Phi) is 7.19. The van der Waals surface area contributed by atoms with Crippen molar-refractivity contribution in [3.63, 3.8) is 0 Å². The highest BCUT2D eigenvalue weighted by Gasteiger charge is 2.18. The van der Waals surface area contributed by atoms with Gasteiger partial charge in [-0.25, -0.2) is 0 Å². The average molecular weight is 486 g/mol. The van der Waals surface area contributed by atoms with E-state index < -0.39 is 5.91 Å². The fourth-order valence-electron chi connectivity index (χ4n) is 2.99. The Labute approximate surface area is 189 Å². The molecular weight excluding hydrogens is 462 g/mol. The van der Waals surface area contributed by atoms with Crippen molar-refractivity contribution in [1.29, 1.82) is 0 Å². The van der Waals surface area contributed by atoms with E-state index in [1.165, 1.54) is 0 Å². The molecule has 0 spiro atoms. The van der Waals surface area contributed by atoms with Crippen molar-refractivity contribution < 1.29 is 14.7 Å². The lowest BCUT2D eigenvalue weighted by Gasteiger charge is -2.13. The molecule has 1 heterocycles. The molecule has 31 heavy (non-hydrogen) atoms. The molecule has 0 unspecified atom stereocenters. The van der Waals surface area contributed by atoms with Gasteiger partial charge in [0.2, 0.25) is 5.88 Å². The first-order valence-electron chi connectivity index (χ1n) is 9.60.